The number of amides is 1. The van der Waals surface area contributed by atoms with E-state index >= 15 is 0 Å². The summed E-state index contributed by atoms with van der Waals surface area (Å²) >= 11 is 0. The highest BCUT2D eigenvalue weighted by atomic mass is 16.6. The van der Waals surface area contributed by atoms with Crippen LogP contribution in [0.3, 0.4) is 0 Å². The topological polar surface area (TPSA) is 75.3 Å². The minimum absolute atomic E-state index is 0.402. The molecule has 7 heteroatoms. The molecule has 1 amide bonds. The Hall–Kier alpha value is -1.83. The monoisotopic (exact) mass is 369 g/mol. The van der Waals surface area contributed by atoms with Crippen LogP contribution in [0.4, 0.5) is 4.79 Å². The first-order valence-corrected chi connectivity index (χ1v) is 8.85. The first-order chi connectivity index (χ1) is 12.5. The van der Waals surface area contributed by atoms with Gasteiger partial charge in [-0.05, 0) is 32.9 Å². The fourth-order valence-corrected chi connectivity index (χ4v) is 1.82. The zero-order chi connectivity index (χ0) is 19.1. The Morgan fingerprint density at radius 1 is 0.846 bits per heavy atom. The molecule has 0 aromatic heterocycles. The molecule has 0 aliphatic carbocycles. The largest absolute Gasteiger partial charge is 0.491 e. The van der Waals surface area contributed by atoms with Crippen LogP contribution in [0.15, 0.2) is 30.3 Å². The number of carbonyl (C=O) groups excluding carboxylic acids is 1. The number of hydrogen-bond donors (Lipinski definition) is 1. The zero-order valence-corrected chi connectivity index (χ0v) is 16.0. The Labute approximate surface area is 155 Å². The lowest BCUT2D eigenvalue weighted by atomic mass is 10.2. The molecule has 7 nitrogen and oxygen atoms in total. The van der Waals surface area contributed by atoms with Crippen molar-refractivity contribution in [1.82, 2.24) is 5.32 Å². The van der Waals surface area contributed by atoms with Crippen LogP contribution >= 0.6 is 0 Å². The van der Waals surface area contributed by atoms with Crippen molar-refractivity contribution in [1.29, 1.82) is 0 Å². The molecule has 0 heterocycles. The molecule has 0 atom stereocenters. The van der Waals surface area contributed by atoms with Crippen LogP contribution in [-0.2, 0) is 18.9 Å². The van der Waals surface area contributed by atoms with Gasteiger partial charge in [-0.15, -0.1) is 0 Å². The average molecular weight is 369 g/mol. The van der Waals surface area contributed by atoms with Crippen molar-refractivity contribution in [3.05, 3.63) is 30.3 Å². The number of alkyl carbamates (subject to hydrolysis) is 1. The lowest BCUT2D eigenvalue weighted by Crippen LogP contribution is -2.34. The third kappa shape index (κ3) is 13.5. The normalized spacial score (nSPS) is 11.2. The average Bonchev–Trinajstić information content (AvgIpc) is 2.58. The molecule has 0 aliphatic rings. The first-order valence-electron chi connectivity index (χ1n) is 8.85. The van der Waals surface area contributed by atoms with Crippen molar-refractivity contribution < 1.29 is 28.5 Å². The van der Waals surface area contributed by atoms with E-state index in [2.05, 4.69) is 5.32 Å². The van der Waals surface area contributed by atoms with E-state index in [-0.39, 0.29) is 0 Å². The smallest absolute Gasteiger partial charge is 0.407 e. The highest BCUT2D eigenvalue weighted by molar-refractivity contribution is 5.67. The van der Waals surface area contributed by atoms with Gasteiger partial charge < -0.3 is 29.0 Å². The number of nitrogens with one attached hydrogen (secondary N) is 1. The van der Waals surface area contributed by atoms with E-state index in [1.54, 1.807) is 0 Å². The predicted molar refractivity (Wildman–Crippen MR) is 98.6 cm³/mol. The van der Waals surface area contributed by atoms with Crippen LogP contribution in [0.25, 0.3) is 0 Å². The molecule has 0 radical (unpaired) electrons. The highest BCUT2D eigenvalue weighted by Crippen LogP contribution is 2.07. The number of hydrogen-bond acceptors (Lipinski definition) is 6. The minimum Gasteiger partial charge on any atom is -0.491 e. The second-order valence-electron chi connectivity index (χ2n) is 6.43. The SMILES string of the molecule is CC(C)(C)OC(=O)NCCOCCOCCOCCOc1ccccc1. The molecule has 0 spiro atoms. The van der Waals surface area contributed by atoms with Gasteiger partial charge in [0.25, 0.3) is 0 Å². The third-order valence-electron chi connectivity index (χ3n) is 2.90. The molecule has 26 heavy (non-hydrogen) atoms. The summed E-state index contributed by atoms with van der Waals surface area (Å²) in [6.07, 6.45) is -0.439. The van der Waals surface area contributed by atoms with E-state index in [0.717, 1.165) is 5.75 Å². The third-order valence-corrected chi connectivity index (χ3v) is 2.90. The van der Waals surface area contributed by atoms with E-state index < -0.39 is 11.7 Å². The summed E-state index contributed by atoms with van der Waals surface area (Å²) in [5.41, 5.74) is -0.492. The van der Waals surface area contributed by atoms with Gasteiger partial charge in [0.05, 0.1) is 39.6 Å². The van der Waals surface area contributed by atoms with E-state index in [0.29, 0.717) is 52.8 Å². The standard InChI is InChI=1S/C19H31NO6/c1-19(2,3)26-18(21)20-9-10-22-11-12-23-13-14-24-15-16-25-17-7-5-4-6-8-17/h4-8H,9-16H2,1-3H3,(H,20,21). The summed E-state index contributed by atoms with van der Waals surface area (Å²) in [6.45, 7) is 9.27. The number of carbonyl (C=O) groups is 1. The van der Waals surface area contributed by atoms with Crippen molar-refractivity contribution in [3.63, 3.8) is 0 Å². The maximum absolute atomic E-state index is 11.4. The summed E-state index contributed by atoms with van der Waals surface area (Å²) in [4.78, 5) is 11.4. The second-order valence-corrected chi connectivity index (χ2v) is 6.43. The molecule has 0 unspecified atom stereocenters. The predicted octanol–water partition coefficient (Wildman–Crippen LogP) is 2.64. The van der Waals surface area contributed by atoms with Crippen molar-refractivity contribution in [2.45, 2.75) is 26.4 Å². The number of rotatable bonds is 13. The lowest BCUT2D eigenvalue weighted by molar-refractivity contribution is 0.00904. The summed E-state index contributed by atoms with van der Waals surface area (Å²) in [5, 5.41) is 2.62. The van der Waals surface area contributed by atoms with E-state index in [1.165, 1.54) is 0 Å². The van der Waals surface area contributed by atoms with Gasteiger partial charge in [0.15, 0.2) is 0 Å². The molecule has 0 fully saturated rings. The molecule has 0 bridgehead atoms. The quantitative estimate of drug-likeness (QED) is 0.539. The Morgan fingerprint density at radius 2 is 1.38 bits per heavy atom. The number of para-hydroxylation sites is 1. The van der Waals surface area contributed by atoms with Crippen molar-refractivity contribution >= 4 is 6.09 Å². The van der Waals surface area contributed by atoms with Gasteiger partial charge in [0.2, 0.25) is 0 Å². The van der Waals surface area contributed by atoms with Gasteiger partial charge in [-0.3, -0.25) is 0 Å². The second kappa shape index (κ2) is 13.4. The maximum atomic E-state index is 11.4. The van der Waals surface area contributed by atoms with E-state index in [9.17, 15) is 4.79 Å². The molecular weight excluding hydrogens is 338 g/mol. The summed E-state index contributed by atoms with van der Waals surface area (Å²) < 4.78 is 26.8. The molecule has 1 aromatic rings. The van der Waals surface area contributed by atoms with Crippen molar-refractivity contribution in [2.24, 2.45) is 0 Å². The Kier molecular flexibility index (Phi) is 11.4. The highest BCUT2D eigenvalue weighted by Gasteiger charge is 2.15. The van der Waals surface area contributed by atoms with Gasteiger partial charge >= 0.3 is 6.09 Å². The summed E-state index contributed by atoms with van der Waals surface area (Å²) in [7, 11) is 0. The number of benzene rings is 1. The molecule has 148 valence electrons. The van der Waals surface area contributed by atoms with Gasteiger partial charge in [-0.2, -0.15) is 0 Å². The van der Waals surface area contributed by atoms with E-state index in [1.807, 2.05) is 51.1 Å². The van der Waals surface area contributed by atoms with Crippen LogP contribution in [0.5, 0.6) is 5.75 Å². The van der Waals surface area contributed by atoms with Gasteiger partial charge in [0.1, 0.15) is 18.0 Å². The van der Waals surface area contributed by atoms with Gasteiger partial charge in [-0.25, -0.2) is 4.79 Å². The van der Waals surface area contributed by atoms with Crippen molar-refractivity contribution in [2.75, 3.05) is 52.8 Å². The summed E-state index contributed by atoms with van der Waals surface area (Å²) in [6, 6.07) is 9.62. The van der Waals surface area contributed by atoms with Crippen LogP contribution in [0.1, 0.15) is 20.8 Å². The van der Waals surface area contributed by atoms with Crippen LogP contribution < -0.4 is 10.1 Å². The molecule has 1 aromatic carbocycles. The Balaban J connectivity index is 1.79. The lowest BCUT2D eigenvalue weighted by Gasteiger charge is -2.19. The fraction of sp³-hybridized carbons (Fsp3) is 0.632. The van der Waals surface area contributed by atoms with E-state index in [4.69, 9.17) is 23.7 Å². The Bertz CT molecular complexity index is 475. The number of ether oxygens (including phenoxy) is 5. The zero-order valence-electron chi connectivity index (χ0n) is 16.0. The molecule has 0 aliphatic heterocycles. The molecule has 0 saturated heterocycles. The van der Waals surface area contributed by atoms with Crippen LogP contribution in [-0.4, -0.2) is 64.5 Å². The van der Waals surface area contributed by atoms with Crippen LogP contribution in [0.2, 0.25) is 0 Å². The van der Waals surface area contributed by atoms with Gasteiger partial charge in [-0.1, -0.05) is 18.2 Å². The molecule has 1 rings (SSSR count). The molecular formula is C19H31NO6. The van der Waals surface area contributed by atoms with Crippen LogP contribution in [0, 0.1) is 0 Å². The van der Waals surface area contributed by atoms with Crippen molar-refractivity contribution in [3.8, 4) is 5.75 Å². The fourth-order valence-electron chi connectivity index (χ4n) is 1.82. The summed E-state index contributed by atoms with van der Waals surface area (Å²) in [5.74, 6) is 0.839. The first kappa shape index (κ1) is 22.2. The van der Waals surface area contributed by atoms with Gasteiger partial charge in [0, 0.05) is 6.54 Å². The molecule has 1 N–H and O–H groups in total. The minimum atomic E-state index is -0.492. The molecule has 0 saturated carbocycles. The maximum Gasteiger partial charge on any atom is 0.407 e. The Morgan fingerprint density at radius 3 is 1.96 bits per heavy atom.